The summed E-state index contributed by atoms with van der Waals surface area (Å²) in [5, 5.41) is 2.78. The lowest BCUT2D eigenvalue weighted by Crippen LogP contribution is -2.40. The smallest absolute Gasteiger partial charge is 0.408 e. The molecule has 138 valence electrons. The summed E-state index contributed by atoms with van der Waals surface area (Å²) in [6.45, 7) is 1.77. The van der Waals surface area contributed by atoms with Crippen molar-refractivity contribution in [2.24, 2.45) is 0 Å². The molecule has 0 unspecified atom stereocenters. The van der Waals surface area contributed by atoms with Crippen LogP contribution in [0.1, 0.15) is 35.5 Å². The predicted octanol–water partition coefficient (Wildman–Crippen LogP) is 4.32. The summed E-state index contributed by atoms with van der Waals surface area (Å²) in [6, 6.07) is 21.2. The number of hydrogen-bond acceptors (Lipinski definition) is 3. The average Bonchev–Trinajstić information content (AvgIpc) is 3.03. The summed E-state index contributed by atoms with van der Waals surface area (Å²) in [4.78, 5) is 16.6. The Hall–Kier alpha value is -3.65. The lowest BCUT2D eigenvalue weighted by atomic mass is 9.86. The monoisotopic (exact) mass is 372 g/mol. The van der Waals surface area contributed by atoms with E-state index < -0.39 is 23.6 Å². The van der Waals surface area contributed by atoms with E-state index in [0.717, 1.165) is 5.56 Å². The minimum atomic E-state index is -1.02. The Morgan fingerprint density at radius 2 is 1.75 bits per heavy atom. The third kappa shape index (κ3) is 3.33. The molecule has 0 radical (unpaired) electrons. The van der Waals surface area contributed by atoms with Gasteiger partial charge >= 0.3 is 6.09 Å². The highest BCUT2D eigenvalue weighted by atomic mass is 19.1. The van der Waals surface area contributed by atoms with Crippen LogP contribution in [0.25, 0.3) is 0 Å². The van der Waals surface area contributed by atoms with E-state index in [2.05, 4.69) is 22.1 Å². The summed E-state index contributed by atoms with van der Waals surface area (Å²) in [7, 11) is 0. The fourth-order valence-corrected chi connectivity index (χ4v) is 3.24. The first kappa shape index (κ1) is 17.7. The first-order valence-corrected chi connectivity index (χ1v) is 8.84. The normalized spacial score (nSPS) is 20.6. The minimum absolute atomic E-state index is 0.297. The van der Waals surface area contributed by atoms with Crippen molar-refractivity contribution in [1.82, 2.24) is 10.3 Å². The summed E-state index contributed by atoms with van der Waals surface area (Å²) in [6.07, 6.45) is -1.45. The molecule has 0 saturated carbocycles. The number of carbonyl (C=O) groups excluding carboxylic acids is 1. The molecule has 1 N–H and O–H groups in total. The van der Waals surface area contributed by atoms with Gasteiger partial charge in [0.1, 0.15) is 17.1 Å². The highest BCUT2D eigenvalue weighted by Crippen LogP contribution is 2.42. The Labute approximate surface area is 162 Å². The second kappa shape index (κ2) is 7.16. The molecule has 0 bridgehead atoms. The van der Waals surface area contributed by atoms with Crippen LogP contribution in [-0.2, 0) is 10.3 Å². The van der Waals surface area contributed by atoms with Crippen molar-refractivity contribution in [2.75, 3.05) is 0 Å². The first-order chi connectivity index (χ1) is 13.6. The number of halogens is 1. The summed E-state index contributed by atoms with van der Waals surface area (Å²) in [5.74, 6) is 5.66. The molecule has 1 aromatic heterocycles. The van der Waals surface area contributed by atoms with E-state index in [4.69, 9.17) is 4.74 Å². The zero-order valence-electron chi connectivity index (χ0n) is 15.1. The number of cyclic esters (lactones) is 1. The zero-order valence-corrected chi connectivity index (χ0v) is 15.1. The Bertz CT molecular complexity index is 1090. The van der Waals surface area contributed by atoms with Gasteiger partial charge in [0.25, 0.3) is 0 Å². The third-order valence-corrected chi connectivity index (χ3v) is 4.69. The van der Waals surface area contributed by atoms with E-state index in [9.17, 15) is 9.18 Å². The molecule has 3 aromatic rings. The topological polar surface area (TPSA) is 51.2 Å². The molecule has 1 amide bonds. The lowest BCUT2D eigenvalue weighted by molar-refractivity contribution is 0.109. The van der Waals surface area contributed by atoms with Gasteiger partial charge in [-0.25, -0.2) is 14.2 Å². The van der Waals surface area contributed by atoms with Gasteiger partial charge in [-0.15, -0.1) is 0 Å². The van der Waals surface area contributed by atoms with E-state index in [0.29, 0.717) is 17.0 Å². The maximum Gasteiger partial charge on any atom is 0.408 e. The van der Waals surface area contributed by atoms with Crippen molar-refractivity contribution >= 4 is 6.09 Å². The second-order valence-electron chi connectivity index (χ2n) is 6.66. The number of aromatic nitrogens is 1. The lowest BCUT2D eigenvalue weighted by Gasteiger charge is -2.28. The van der Waals surface area contributed by atoms with Crippen molar-refractivity contribution in [3.8, 4) is 11.8 Å². The predicted molar refractivity (Wildman–Crippen MR) is 103 cm³/mol. The molecular formula is C23H17FN2O2. The number of benzene rings is 2. The average molecular weight is 372 g/mol. The van der Waals surface area contributed by atoms with E-state index in [1.807, 2.05) is 36.4 Å². The fraction of sp³-hybridized carbons (Fsp3) is 0.130. The largest absolute Gasteiger partial charge is 0.438 e. The van der Waals surface area contributed by atoms with Gasteiger partial charge in [0, 0.05) is 11.1 Å². The number of ether oxygens (including phenoxy) is 1. The molecule has 0 spiro atoms. The number of amides is 1. The molecule has 28 heavy (non-hydrogen) atoms. The molecule has 0 aliphatic carbocycles. The standard InChI is InChI=1S/C23H17FN2O2/c1-23(21(28-22(27)26-23)18-11-5-6-12-19(18)24)20-13-7-10-17(25-20)15-14-16-8-3-2-4-9-16/h2-13,21H,1H3,(H,26,27)/t21-,23+/m0/s1. The third-order valence-electron chi connectivity index (χ3n) is 4.69. The van der Waals surface area contributed by atoms with Crippen LogP contribution in [0.3, 0.4) is 0 Å². The SMILES string of the molecule is C[C@]1(c2cccc(C#Cc3ccccc3)n2)NC(=O)O[C@H]1c1ccccc1F. The maximum atomic E-state index is 14.4. The minimum Gasteiger partial charge on any atom is -0.438 e. The summed E-state index contributed by atoms with van der Waals surface area (Å²) < 4.78 is 19.8. The quantitative estimate of drug-likeness (QED) is 0.682. The number of carbonyl (C=O) groups is 1. The molecule has 1 fully saturated rings. The van der Waals surface area contributed by atoms with Crippen LogP contribution in [-0.4, -0.2) is 11.1 Å². The van der Waals surface area contributed by atoms with Crippen molar-refractivity contribution < 1.29 is 13.9 Å². The molecule has 5 heteroatoms. The Balaban J connectivity index is 1.72. The number of nitrogens with zero attached hydrogens (tertiary/aromatic N) is 1. The van der Waals surface area contributed by atoms with Gasteiger partial charge < -0.3 is 10.1 Å². The van der Waals surface area contributed by atoms with Gasteiger partial charge in [0.05, 0.1) is 5.69 Å². The van der Waals surface area contributed by atoms with Crippen molar-refractivity contribution in [3.63, 3.8) is 0 Å². The molecule has 1 saturated heterocycles. The zero-order chi connectivity index (χ0) is 19.6. The number of rotatable bonds is 2. The number of hydrogen-bond donors (Lipinski definition) is 1. The van der Waals surface area contributed by atoms with Crippen LogP contribution in [0.15, 0.2) is 72.8 Å². The second-order valence-corrected chi connectivity index (χ2v) is 6.66. The van der Waals surface area contributed by atoms with E-state index >= 15 is 0 Å². The van der Waals surface area contributed by atoms with E-state index in [1.165, 1.54) is 6.07 Å². The molecule has 1 aliphatic heterocycles. The fourth-order valence-electron chi connectivity index (χ4n) is 3.24. The van der Waals surface area contributed by atoms with Gasteiger partial charge in [-0.1, -0.05) is 48.4 Å². The molecule has 2 aromatic carbocycles. The number of nitrogens with one attached hydrogen (secondary N) is 1. The van der Waals surface area contributed by atoms with Crippen molar-refractivity contribution in [3.05, 3.63) is 101 Å². The highest BCUT2D eigenvalue weighted by molar-refractivity contribution is 5.72. The van der Waals surface area contributed by atoms with Gasteiger partial charge in [-0.05, 0) is 43.2 Å². The van der Waals surface area contributed by atoms with Gasteiger partial charge in [0.15, 0.2) is 6.10 Å². The number of alkyl carbamates (subject to hydrolysis) is 1. The van der Waals surface area contributed by atoms with E-state index in [1.54, 1.807) is 37.3 Å². The molecule has 2 atom stereocenters. The van der Waals surface area contributed by atoms with Crippen LogP contribution < -0.4 is 5.32 Å². The summed E-state index contributed by atoms with van der Waals surface area (Å²) >= 11 is 0. The van der Waals surface area contributed by atoms with Crippen LogP contribution in [0.5, 0.6) is 0 Å². The summed E-state index contributed by atoms with van der Waals surface area (Å²) in [5.41, 5.74) is 1.25. The van der Waals surface area contributed by atoms with Crippen LogP contribution in [0, 0.1) is 17.7 Å². The van der Waals surface area contributed by atoms with Crippen LogP contribution in [0.4, 0.5) is 9.18 Å². The first-order valence-electron chi connectivity index (χ1n) is 8.84. The Kier molecular flexibility index (Phi) is 4.54. The van der Waals surface area contributed by atoms with Crippen molar-refractivity contribution in [2.45, 2.75) is 18.6 Å². The molecule has 1 aliphatic rings. The van der Waals surface area contributed by atoms with Crippen LogP contribution in [0.2, 0.25) is 0 Å². The number of pyridine rings is 1. The van der Waals surface area contributed by atoms with Gasteiger partial charge in [-0.3, -0.25) is 0 Å². The van der Waals surface area contributed by atoms with Crippen LogP contribution >= 0.6 is 0 Å². The van der Waals surface area contributed by atoms with E-state index in [-0.39, 0.29) is 0 Å². The molecule has 2 heterocycles. The Morgan fingerprint density at radius 1 is 1.00 bits per heavy atom. The maximum absolute atomic E-state index is 14.4. The Morgan fingerprint density at radius 3 is 2.54 bits per heavy atom. The van der Waals surface area contributed by atoms with Crippen molar-refractivity contribution in [1.29, 1.82) is 0 Å². The molecular weight excluding hydrogens is 355 g/mol. The molecule has 4 nitrogen and oxygen atoms in total. The highest BCUT2D eigenvalue weighted by Gasteiger charge is 2.49. The molecule has 4 rings (SSSR count). The van der Waals surface area contributed by atoms with Gasteiger partial charge in [-0.2, -0.15) is 0 Å². The van der Waals surface area contributed by atoms with Gasteiger partial charge in [0.2, 0.25) is 0 Å².